The van der Waals surface area contributed by atoms with Crippen LogP contribution in [0, 0.1) is 24.4 Å². The molecule has 1 unspecified atom stereocenters. The van der Waals surface area contributed by atoms with Gasteiger partial charge < -0.3 is 14.2 Å². The van der Waals surface area contributed by atoms with E-state index in [1.54, 1.807) is 25.3 Å². The first-order chi connectivity index (χ1) is 16.4. The van der Waals surface area contributed by atoms with Crippen LogP contribution in [0.2, 0.25) is 0 Å². The molecule has 0 saturated heterocycles. The Labute approximate surface area is 194 Å². The number of methoxy groups -OCH3 is 1. The van der Waals surface area contributed by atoms with Crippen LogP contribution in [0.1, 0.15) is 30.6 Å². The highest BCUT2D eigenvalue weighted by molar-refractivity contribution is 5.65. The number of fused-ring (bicyclic) bond motifs is 1. The Bertz CT molecular complexity index is 1340. The fraction of sp³-hybridized carbons (Fsp3) is 0.292. The van der Waals surface area contributed by atoms with Gasteiger partial charge in [0.1, 0.15) is 23.2 Å². The van der Waals surface area contributed by atoms with E-state index < -0.39 is 23.5 Å². The van der Waals surface area contributed by atoms with E-state index in [0.717, 1.165) is 23.4 Å². The lowest BCUT2D eigenvalue weighted by atomic mass is 10.0. The molecule has 3 heterocycles. The third kappa shape index (κ3) is 3.68. The predicted molar refractivity (Wildman–Crippen MR) is 121 cm³/mol. The van der Waals surface area contributed by atoms with Gasteiger partial charge in [0.15, 0.2) is 5.82 Å². The first-order valence-corrected chi connectivity index (χ1v) is 10.9. The molecule has 0 saturated carbocycles. The van der Waals surface area contributed by atoms with Crippen LogP contribution in [0.3, 0.4) is 0 Å². The number of halogens is 3. The Kier molecular flexibility index (Phi) is 5.51. The SMILES string of the molecule is COc1cc(-c2nnc3n2CCCN3C(C)c2c(F)cc(F)cc2F)ccc1-n1cnc(C)c1. The minimum Gasteiger partial charge on any atom is -0.495 e. The second-order valence-electron chi connectivity index (χ2n) is 8.29. The molecular formula is C24H23F3N6O. The van der Waals surface area contributed by atoms with Crippen molar-refractivity contribution in [1.29, 1.82) is 0 Å². The molecule has 2 aromatic heterocycles. The van der Waals surface area contributed by atoms with Crippen LogP contribution in [0.15, 0.2) is 42.9 Å². The highest BCUT2D eigenvalue weighted by Gasteiger charge is 2.30. The van der Waals surface area contributed by atoms with Crippen molar-refractivity contribution in [2.75, 3.05) is 18.6 Å². The topological polar surface area (TPSA) is 61.0 Å². The molecule has 1 atom stereocenters. The minimum atomic E-state index is -0.946. The number of ether oxygens (including phenoxy) is 1. The normalized spacial score (nSPS) is 14.2. The van der Waals surface area contributed by atoms with E-state index in [1.807, 2.05) is 40.5 Å². The zero-order valence-electron chi connectivity index (χ0n) is 19.0. The van der Waals surface area contributed by atoms with Gasteiger partial charge in [0, 0.05) is 42.5 Å². The number of benzene rings is 2. The highest BCUT2D eigenvalue weighted by atomic mass is 19.1. The molecule has 10 heteroatoms. The van der Waals surface area contributed by atoms with Gasteiger partial charge in [-0.25, -0.2) is 18.2 Å². The van der Waals surface area contributed by atoms with Gasteiger partial charge in [-0.1, -0.05) is 0 Å². The fourth-order valence-corrected chi connectivity index (χ4v) is 4.48. The largest absolute Gasteiger partial charge is 0.495 e. The van der Waals surface area contributed by atoms with Gasteiger partial charge >= 0.3 is 0 Å². The highest BCUT2D eigenvalue weighted by Crippen LogP contribution is 2.36. The molecule has 2 aromatic carbocycles. The van der Waals surface area contributed by atoms with E-state index in [1.165, 1.54) is 0 Å². The smallest absolute Gasteiger partial charge is 0.228 e. The average Bonchev–Trinajstić information content (AvgIpc) is 3.44. The van der Waals surface area contributed by atoms with Crippen molar-refractivity contribution in [3.8, 4) is 22.8 Å². The number of aromatic nitrogens is 5. The van der Waals surface area contributed by atoms with Crippen LogP contribution in [0.4, 0.5) is 19.1 Å². The van der Waals surface area contributed by atoms with Gasteiger partial charge in [-0.05, 0) is 38.5 Å². The molecule has 0 fully saturated rings. The number of hydrogen-bond acceptors (Lipinski definition) is 5. The Morgan fingerprint density at radius 2 is 1.79 bits per heavy atom. The van der Waals surface area contributed by atoms with Crippen molar-refractivity contribution in [2.45, 2.75) is 32.9 Å². The zero-order chi connectivity index (χ0) is 24.0. The summed E-state index contributed by atoms with van der Waals surface area (Å²) in [4.78, 5) is 6.06. The minimum absolute atomic E-state index is 0.193. The van der Waals surface area contributed by atoms with E-state index >= 15 is 0 Å². The predicted octanol–water partition coefficient (Wildman–Crippen LogP) is 4.84. The Morgan fingerprint density at radius 3 is 2.47 bits per heavy atom. The summed E-state index contributed by atoms with van der Waals surface area (Å²) >= 11 is 0. The molecule has 4 aromatic rings. The van der Waals surface area contributed by atoms with Crippen LogP contribution in [0.5, 0.6) is 5.75 Å². The lowest BCUT2D eigenvalue weighted by Gasteiger charge is -2.34. The van der Waals surface area contributed by atoms with Gasteiger partial charge in [0.2, 0.25) is 5.95 Å². The van der Waals surface area contributed by atoms with Gasteiger partial charge in [-0.15, -0.1) is 10.2 Å². The zero-order valence-corrected chi connectivity index (χ0v) is 19.0. The van der Waals surface area contributed by atoms with Crippen molar-refractivity contribution in [2.24, 2.45) is 0 Å². The Morgan fingerprint density at radius 1 is 1.03 bits per heavy atom. The van der Waals surface area contributed by atoms with Gasteiger partial charge in [-0.3, -0.25) is 4.57 Å². The quantitative estimate of drug-likeness (QED) is 0.420. The summed E-state index contributed by atoms with van der Waals surface area (Å²) in [5.41, 5.74) is 2.33. The molecule has 0 N–H and O–H groups in total. The van der Waals surface area contributed by atoms with Crippen LogP contribution >= 0.6 is 0 Å². The monoisotopic (exact) mass is 468 g/mol. The Hall–Kier alpha value is -3.82. The van der Waals surface area contributed by atoms with Crippen LogP contribution in [-0.4, -0.2) is 38.0 Å². The molecule has 1 aliphatic heterocycles. The summed E-state index contributed by atoms with van der Waals surface area (Å²) in [6.45, 7) is 4.78. The lowest BCUT2D eigenvalue weighted by molar-refractivity contribution is 0.413. The van der Waals surface area contributed by atoms with E-state index in [2.05, 4.69) is 15.2 Å². The lowest BCUT2D eigenvalue weighted by Crippen LogP contribution is -2.35. The van der Waals surface area contributed by atoms with E-state index in [-0.39, 0.29) is 5.56 Å². The maximum Gasteiger partial charge on any atom is 0.228 e. The molecule has 34 heavy (non-hydrogen) atoms. The molecule has 5 rings (SSSR count). The summed E-state index contributed by atoms with van der Waals surface area (Å²) < 4.78 is 51.7. The maximum atomic E-state index is 14.5. The summed E-state index contributed by atoms with van der Waals surface area (Å²) in [6, 6.07) is 6.42. The van der Waals surface area contributed by atoms with Crippen molar-refractivity contribution in [3.63, 3.8) is 0 Å². The van der Waals surface area contributed by atoms with E-state index in [9.17, 15) is 13.2 Å². The second kappa shape index (κ2) is 8.51. The summed E-state index contributed by atoms with van der Waals surface area (Å²) in [5, 5.41) is 8.73. The van der Waals surface area contributed by atoms with Crippen molar-refractivity contribution in [1.82, 2.24) is 24.3 Å². The number of imidazole rings is 1. The summed E-state index contributed by atoms with van der Waals surface area (Å²) in [6.07, 6.45) is 4.36. The molecule has 0 aliphatic carbocycles. The van der Waals surface area contributed by atoms with E-state index in [0.29, 0.717) is 42.7 Å². The van der Waals surface area contributed by atoms with Crippen LogP contribution < -0.4 is 9.64 Å². The molecule has 7 nitrogen and oxygen atoms in total. The molecule has 0 spiro atoms. The average molecular weight is 468 g/mol. The third-order valence-corrected chi connectivity index (χ3v) is 6.13. The van der Waals surface area contributed by atoms with Gasteiger partial charge in [-0.2, -0.15) is 0 Å². The molecule has 0 bridgehead atoms. The standard InChI is InChI=1S/C24H23F3N6O/c1-14-12-31(13-28-14)20-6-5-16(9-21(20)34-3)23-29-30-24-32(7-4-8-33(23)24)15(2)22-18(26)10-17(25)11-19(22)27/h5-6,9-13,15H,4,7-8H2,1-3H3. The molecule has 0 radical (unpaired) electrons. The number of aryl methyl sites for hydroxylation is 1. The molecule has 1 aliphatic rings. The van der Waals surface area contributed by atoms with Gasteiger partial charge in [0.05, 0.1) is 30.9 Å². The first-order valence-electron chi connectivity index (χ1n) is 10.9. The Balaban J connectivity index is 1.52. The number of rotatable bonds is 5. The molecule has 176 valence electrons. The molecule has 0 amide bonds. The maximum absolute atomic E-state index is 14.5. The third-order valence-electron chi connectivity index (χ3n) is 6.13. The van der Waals surface area contributed by atoms with Crippen molar-refractivity contribution < 1.29 is 17.9 Å². The van der Waals surface area contributed by atoms with E-state index in [4.69, 9.17) is 4.74 Å². The van der Waals surface area contributed by atoms with Crippen LogP contribution in [0.25, 0.3) is 17.1 Å². The van der Waals surface area contributed by atoms with Gasteiger partial charge in [0.25, 0.3) is 0 Å². The van der Waals surface area contributed by atoms with Crippen molar-refractivity contribution >= 4 is 5.95 Å². The van der Waals surface area contributed by atoms with Crippen molar-refractivity contribution in [3.05, 3.63) is 71.6 Å². The number of anilines is 1. The number of hydrogen-bond donors (Lipinski definition) is 0. The fourth-order valence-electron chi connectivity index (χ4n) is 4.48. The summed E-state index contributed by atoms with van der Waals surface area (Å²) in [5.74, 6) is -1.01. The number of nitrogens with zero attached hydrogens (tertiary/aromatic N) is 6. The van der Waals surface area contributed by atoms with Crippen LogP contribution in [-0.2, 0) is 6.54 Å². The second-order valence-corrected chi connectivity index (χ2v) is 8.29. The first kappa shape index (κ1) is 22.0. The summed E-state index contributed by atoms with van der Waals surface area (Å²) in [7, 11) is 1.60. The molecular weight excluding hydrogens is 445 g/mol.